The summed E-state index contributed by atoms with van der Waals surface area (Å²) in [5, 5.41) is 0. The first-order valence-corrected chi connectivity index (χ1v) is 5.28. The van der Waals surface area contributed by atoms with Crippen molar-refractivity contribution in [3.63, 3.8) is 0 Å². The van der Waals surface area contributed by atoms with Crippen LogP contribution in [0.1, 0.15) is 25.7 Å². The van der Waals surface area contributed by atoms with Gasteiger partial charge in [0.25, 0.3) is 0 Å². The number of hydrogen-bond donors (Lipinski definition) is 1. The number of cyclic esters (lactones) is 1. The third-order valence-electron chi connectivity index (χ3n) is 3.23. The molecule has 0 amide bonds. The molecular weight excluding hydrogens is 198 g/mol. The predicted octanol–water partition coefficient (Wildman–Crippen LogP) is -0.0259. The maximum absolute atomic E-state index is 11.6. The van der Waals surface area contributed by atoms with E-state index >= 15 is 0 Å². The van der Waals surface area contributed by atoms with E-state index in [1.165, 1.54) is 0 Å². The zero-order chi connectivity index (χ0) is 10.9. The van der Waals surface area contributed by atoms with E-state index in [1.807, 2.05) is 0 Å². The van der Waals surface area contributed by atoms with Gasteiger partial charge in [0, 0.05) is 5.92 Å². The van der Waals surface area contributed by atoms with Crippen LogP contribution in [0.15, 0.2) is 0 Å². The summed E-state index contributed by atoms with van der Waals surface area (Å²) in [4.78, 5) is 22.8. The van der Waals surface area contributed by atoms with Gasteiger partial charge in [-0.05, 0) is 19.3 Å². The molecule has 15 heavy (non-hydrogen) atoms. The summed E-state index contributed by atoms with van der Waals surface area (Å²) in [5.41, 5.74) is 4.17. The van der Waals surface area contributed by atoms with Gasteiger partial charge in [0.2, 0.25) is 5.60 Å². The monoisotopic (exact) mass is 213 g/mol. The molecule has 2 unspecified atom stereocenters. The average molecular weight is 213 g/mol. The van der Waals surface area contributed by atoms with Crippen molar-refractivity contribution in [2.24, 2.45) is 11.7 Å². The molecule has 0 aromatic rings. The van der Waals surface area contributed by atoms with E-state index in [4.69, 9.17) is 15.2 Å². The summed E-state index contributed by atoms with van der Waals surface area (Å²) in [6.07, 6.45) is 3.40. The third kappa shape index (κ3) is 1.61. The fourth-order valence-corrected chi connectivity index (χ4v) is 2.42. The predicted molar refractivity (Wildman–Crippen MR) is 50.8 cm³/mol. The lowest BCUT2D eigenvalue weighted by molar-refractivity contribution is -0.177. The van der Waals surface area contributed by atoms with Crippen LogP contribution >= 0.6 is 0 Å². The van der Waals surface area contributed by atoms with E-state index in [0.29, 0.717) is 13.0 Å². The minimum absolute atomic E-state index is 0.0225. The van der Waals surface area contributed by atoms with E-state index < -0.39 is 17.5 Å². The first kappa shape index (κ1) is 10.4. The van der Waals surface area contributed by atoms with Crippen LogP contribution in [-0.4, -0.2) is 30.7 Å². The lowest BCUT2D eigenvalue weighted by atomic mass is 9.77. The fourth-order valence-electron chi connectivity index (χ4n) is 2.42. The van der Waals surface area contributed by atoms with Crippen molar-refractivity contribution < 1.29 is 19.1 Å². The van der Waals surface area contributed by atoms with Crippen LogP contribution in [0, 0.1) is 5.92 Å². The van der Waals surface area contributed by atoms with Gasteiger partial charge in [-0.3, -0.25) is 4.79 Å². The van der Waals surface area contributed by atoms with Gasteiger partial charge in [-0.15, -0.1) is 0 Å². The molecule has 0 aromatic heterocycles. The Labute approximate surface area is 87.9 Å². The second-order valence-electron chi connectivity index (χ2n) is 4.11. The minimum atomic E-state index is -1.02. The van der Waals surface area contributed by atoms with Crippen molar-refractivity contribution >= 4 is 11.9 Å². The maximum Gasteiger partial charge on any atom is 0.351 e. The smallest absolute Gasteiger partial charge is 0.351 e. The van der Waals surface area contributed by atoms with Crippen LogP contribution in [0.3, 0.4) is 0 Å². The summed E-state index contributed by atoms with van der Waals surface area (Å²) < 4.78 is 10.2. The van der Waals surface area contributed by atoms with Crippen LogP contribution in [0.2, 0.25) is 0 Å². The van der Waals surface area contributed by atoms with E-state index in [0.717, 1.165) is 19.3 Å². The van der Waals surface area contributed by atoms with E-state index in [9.17, 15) is 9.59 Å². The molecule has 1 saturated heterocycles. The Hall–Kier alpha value is -1.10. The molecular formula is C10H15NO4. The first-order valence-electron chi connectivity index (χ1n) is 5.28. The van der Waals surface area contributed by atoms with Crippen molar-refractivity contribution in [2.75, 3.05) is 13.2 Å². The standard InChI is InChI=1S/C10H15NO4/c11-5-8(12)15-10-4-2-1-3-7(10)6-14-9(10)13/h7H,1-6,11H2. The molecule has 1 saturated carbocycles. The Balaban J connectivity index is 2.19. The number of nitrogens with two attached hydrogens (primary N) is 1. The number of rotatable bonds is 2. The number of carbonyl (C=O) groups excluding carboxylic acids is 2. The topological polar surface area (TPSA) is 78.6 Å². The number of hydrogen-bond acceptors (Lipinski definition) is 5. The molecule has 2 atom stereocenters. The van der Waals surface area contributed by atoms with E-state index in [-0.39, 0.29) is 12.5 Å². The van der Waals surface area contributed by atoms with Crippen molar-refractivity contribution in [1.29, 1.82) is 0 Å². The van der Waals surface area contributed by atoms with Gasteiger partial charge in [-0.2, -0.15) is 0 Å². The van der Waals surface area contributed by atoms with Crippen molar-refractivity contribution in [1.82, 2.24) is 0 Å². The summed E-state index contributed by atoms with van der Waals surface area (Å²) in [5.74, 6) is -0.899. The molecule has 5 heteroatoms. The minimum Gasteiger partial charge on any atom is -0.462 e. The Kier molecular flexibility index (Phi) is 2.65. The summed E-state index contributed by atoms with van der Waals surface area (Å²) in [6, 6.07) is 0. The molecule has 0 radical (unpaired) electrons. The normalized spacial score (nSPS) is 34.5. The number of fused-ring (bicyclic) bond motifs is 1. The third-order valence-corrected chi connectivity index (χ3v) is 3.23. The molecule has 2 rings (SSSR count). The molecule has 1 aliphatic carbocycles. The van der Waals surface area contributed by atoms with Gasteiger partial charge in [0.1, 0.15) is 0 Å². The second-order valence-corrected chi connectivity index (χ2v) is 4.11. The van der Waals surface area contributed by atoms with Gasteiger partial charge >= 0.3 is 11.9 Å². The van der Waals surface area contributed by atoms with Gasteiger partial charge in [-0.1, -0.05) is 6.42 Å². The highest BCUT2D eigenvalue weighted by Crippen LogP contribution is 2.42. The summed E-state index contributed by atoms with van der Waals surface area (Å²) >= 11 is 0. The average Bonchev–Trinajstić information content (AvgIpc) is 2.57. The molecule has 84 valence electrons. The lowest BCUT2D eigenvalue weighted by Crippen LogP contribution is -2.48. The van der Waals surface area contributed by atoms with E-state index in [1.54, 1.807) is 0 Å². The molecule has 0 bridgehead atoms. The largest absolute Gasteiger partial charge is 0.462 e. The fraction of sp³-hybridized carbons (Fsp3) is 0.800. The van der Waals surface area contributed by atoms with Gasteiger partial charge in [0.15, 0.2) is 0 Å². The molecule has 0 aromatic carbocycles. The van der Waals surface area contributed by atoms with Crippen molar-refractivity contribution in [3.8, 4) is 0 Å². The van der Waals surface area contributed by atoms with Crippen LogP contribution in [0.25, 0.3) is 0 Å². The maximum atomic E-state index is 11.6. The Morgan fingerprint density at radius 2 is 2.40 bits per heavy atom. The van der Waals surface area contributed by atoms with Gasteiger partial charge in [-0.25, -0.2) is 4.79 Å². The van der Waals surface area contributed by atoms with Crippen LogP contribution in [0.4, 0.5) is 0 Å². The SMILES string of the molecule is NCC(=O)OC12CCCCC1COC2=O. The Morgan fingerprint density at radius 3 is 3.13 bits per heavy atom. The number of ether oxygens (including phenoxy) is 2. The van der Waals surface area contributed by atoms with Gasteiger partial charge in [0.05, 0.1) is 13.2 Å². The van der Waals surface area contributed by atoms with Crippen molar-refractivity contribution in [2.45, 2.75) is 31.3 Å². The Bertz CT molecular complexity index is 291. The van der Waals surface area contributed by atoms with Gasteiger partial charge < -0.3 is 15.2 Å². The molecule has 5 nitrogen and oxygen atoms in total. The summed E-state index contributed by atoms with van der Waals surface area (Å²) in [6.45, 7) is 0.179. The number of carbonyl (C=O) groups is 2. The zero-order valence-electron chi connectivity index (χ0n) is 8.53. The van der Waals surface area contributed by atoms with E-state index in [2.05, 4.69) is 0 Å². The molecule has 0 spiro atoms. The van der Waals surface area contributed by atoms with Crippen LogP contribution in [0.5, 0.6) is 0 Å². The number of esters is 2. The highest BCUT2D eigenvalue weighted by Gasteiger charge is 2.56. The Morgan fingerprint density at radius 1 is 1.60 bits per heavy atom. The second kappa shape index (κ2) is 3.81. The van der Waals surface area contributed by atoms with Crippen molar-refractivity contribution in [3.05, 3.63) is 0 Å². The highest BCUT2D eigenvalue weighted by molar-refractivity contribution is 5.86. The molecule has 1 aliphatic heterocycles. The highest BCUT2D eigenvalue weighted by atomic mass is 16.6. The summed E-state index contributed by atoms with van der Waals surface area (Å²) in [7, 11) is 0. The molecule has 2 fully saturated rings. The zero-order valence-corrected chi connectivity index (χ0v) is 8.53. The quantitative estimate of drug-likeness (QED) is 0.652. The molecule has 2 N–H and O–H groups in total. The molecule has 2 aliphatic rings. The van der Waals surface area contributed by atoms with Crippen LogP contribution in [-0.2, 0) is 19.1 Å². The molecule has 1 heterocycles. The van der Waals surface area contributed by atoms with Crippen LogP contribution < -0.4 is 5.73 Å². The lowest BCUT2D eigenvalue weighted by Gasteiger charge is -2.34. The first-order chi connectivity index (χ1) is 7.19.